The van der Waals surface area contributed by atoms with Gasteiger partial charge >= 0.3 is 0 Å². The monoisotopic (exact) mass is 253 g/mol. The van der Waals surface area contributed by atoms with Crippen LogP contribution in [0.1, 0.15) is 12.5 Å². The minimum Gasteiger partial charge on any atom is -0.392 e. The van der Waals surface area contributed by atoms with Gasteiger partial charge in [0, 0.05) is 25.7 Å². The number of nitrogens with zero attached hydrogens (tertiary/aromatic N) is 1. The molecule has 1 aromatic carbocycles. The fraction of sp³-hybridized carbons (Fsp3) is 0.500. The fourth-order valence-corrected chi connectivity index (χ4v) is 1.54. The summed E-state index contributed by atoms with van der Waals surface area (Å²) in [6.45, 7) is 5.23. The predicted molar refractivity (Wildman–Crippen MR) is 70.9 cm³/mol. The lowest BCUT2D eigenvalue weighted by Gasteiger charge is -2.09. The minimum absolute atomic E-state index is 0.0885. The molecule has 0 aliphatic rings. The van der Waals surface area contributed by atoms with E-state index in [9.17, 15) is 10.1 Å². The number of hydrogen-bond acceptors (Lipinski definition) is 5. The van der Waals surface area contributed by atoms with Crippen LogP contribution in [0.2, 0.25) is 0 Å². The summed E-state index contributed by atoms with van der Waals surface area (Å²) < 4.78 is 0. The Morgan fingerprint density at radius 3 is 2.78 bits per heavy atom. The maximum Gasteiger partial charge on any atom is 0.292 e. The molecule has 0 heterocycles. The number of aliphatic hydroxyl groups is 1. The predicted octanol–water partition coefficient (Wildman–Crippen LogP) is 1.29. The number of anilines is 1. The molecule has 0 amide bonds. The lowest BCUT2D eigenvalue weighted by atomic mass is 10.2. The Labute approximate surface area is 106 Å². The number of rotatable bonds is 7. The molecule has 0 aliphatic carbocycles. The van der Waals surface area contributed by atoms with Gasteiger partial charge in [-0.3, -0.25) is 10.1 Å². The zero-order chi connectivity index (χ0) is 13.5. The van der Waals surface area contributed by atoms with Crippen LogP contribution in [0.4, 0.5) is 11.4 Å². The van der Waals surface area contributed by atoms with E-state index in [-0.39, 0.29) is 5.69 Å². The Hall–Kier alpha value is -1.66. The van der Waals surface area contributed by atoms with E-state index in [1.807, 2.05) is 13.0 Å². The van der Waals surface area contributed by atoms with Gasteiger partial charge in [0.2, 0.25) is 0 Å². The SMILES string of the molecule is Cc1ccc(NCCNCC(C)O)c([N+](=O)[O-])c1. The van der Waals surface area contributed by atoms with Gasteiger partial charge in [-0.2, -0.15) is 0 Å². The molecule has 1 unspecified atom stereocenters. The molecule has 1 aromatic rings. The summed E-state index contributed by atoms with van der Waals surface area (Å²) in [7, 11) is 0. The second-order valence-electron chi connectivity index (χ2n) is 4.26. The molecule has 0 fully saturated rings. The summed E-state index contributed by atoms with van der Waals surface area (Å²) in [4.78, 5) is 10.5. The molecular formula is C12H19N3O3. The maximum atomic E-state index is 10.9. The Balaban J connectivity index is 2.49. The van der Waals surface area contributed by atoms with Gasteiger partial charge in [0.25, 0.3) is 5.69 Å². The van der Waals surface area contributed by atoms with Crippen LogP contribution < -0.4 is 10.6 Å². The van der Waals surface area contributed by atoms with E-state index < -0.39 is 11.0 Å². The van der Waals surface area contributed by atoms with E-state index in [1.165, 1.54) is 0 Å². The third kappa shape index (κ3) is 4.68. The molecule has 1 atom stereocenters. The van der Waals surface area contributed by atoms with Gasteiger partial charge < -0.3 is 15.7 Å². The zero-order valence-corrected chi connectivity index (χ0v) is 10.6. The van der Waals surface area contributed by atoms with Gasteiger partial charge in [0.1, 0.15) is 5.69 Å². The highest BCUT2D eigenvalue weighted by atomic mass is 16.6. The van der Waals surface area contributed by atoms with Crippen molar-refractivity contribution in [2.24, 2.45) is 0 Å². The quantitative estimate of drug-likeness (QED) is 0.387. The summed E-state index contributed by atoms with van der Waals surface area (Å²) >= 11 is 0. The number of aryl methyl sites for hydroxylation is 1. The lowest BCUT2D eigenvalue weighted by Crippen LogP contribution is -2.29. The van der Waals surface area contributed by atoms with Crippen molar-refractivity contribution in [1.29, 1.82) is 0 Å². The van der Waals surface area contributed by atoms with Crippen molar-refractivity contribution in [2.75, 3.05) is 25.0 Å². The van der Waals surface area contributed by atoms with Crippen LogP contribution in [0.5, 0.6) is 0 Å². The van der Waals surface area contributed by atoms with Crippen LogP contribution >= 0.6 is 0 Å². The zero-order valence-electron chi connectivity index (χ0n) is 10.6. The van der Waals surface area contributed by atoms with Gasteiger partial charge in [-0.25, -0.2) is 0 Å². The highest BCUT2D eigenvalue weighted by Crippen LogP contribution is 2.24. The second-order valence-corrected chi connectivity index (χ2v) is 4.26. The highest BCUT2D eigenvalue weighted by Gasteiger charge is 2.12. The van der Waals surface area contributed by atoms with Crippen molar-refractivity contribution in [2.45, 2.75) is 20.0 Å². The molecule has 3 N–H and O–H groups in total. The first kappa shape index (κ1) is 14.4. The number of hydrogen-bond donors (Lipinski definition) is 3. The Morgan fingerprint density at radius 1 is 1.44 bits per heavy atom. The van der Waals surface area contributed by atoms with Crippen molar-refractivity contribution in [3.8, 4) is 0 Å². The molecule has 0 spiro atoms. The van der Waals surface area contributed by atoms with Gasteiger partial charge in [0.15, 0.2) is 0 Å². The summed E-state index contributed by atoms with van der Waals surface area (Å²) in [6.07, 6.45) is -0.390. The summed E-state index contributed by atoms with van der Waals surface area (Å²) in [5.41, 5.74) is 1.47. The maximum absolute atomic E-state index is 10.9. The van der Waals surface area contributed by atoms with Crippen molar-refractivity contribution in [3.63, 3.8) is 0 Å². The van der Waals surface area contributed by atoms with E-state index in [2.05, 4.69) is 10.6 Å². The van der Waals surface area contributed by atoms with Crippen LogP contribution in [-0.2, 0) is 0 Å². The number of nitro groups is 1. The van der Waals surface area contributed by atoms with Gasteiger partial charge in [-0.1, -0.05) is 6.07 Å². The molecule has 1 rings (SSSR count). The third-order valence-corrected chi connectivity index (χ3v) is 2.41. The molecule has 6 heteroatoms. The number of nitrogens with one attached hydrogen (secondary N) is 2. The molecule has 100 valence electrons. The van der Waals surface area contributed by atoms with Gasteiger partial charge in [-0.15, -0.1) is 0 Å². The molecule has 0 radical (unpaired) electrons. The average molecular weight is 253 g/mol. The Kier molecular flexibility index (Phi) is 5.54. The van der Waals surface area contributed by atoms with Crippen LogP contribution in [0.3, 0.4) is 0 Å². The minimum atomic E-state index is -0.390. The normalized spacial score (nSPS) is 12.2. The molecule has 0 bridgehead atoms. The van der Waals surface area contributed by atoms with Crippen LogP contribution in [0, 0.1) is 17.0 Å². The summed E-state index contributed by atoms with van der Waals surface area (Å²) in [5.74, 6) is 0. The van der Waals surface area contributed by atoms with Crippen molar-refractivity contribution < 1.29 is 10.0 Å². The topological polar surface area (TPSA) is 87.4 Å². The summed E-state index contributed by atoms with van der Waals surface area (Å²) in [6, 6.07) is 5.09. The Morgan fingerprint density at radius 2 is 2.17 bits per heavy atom. The first-order chi connectivity index (χ1) is 8.50. The molecule has 0 saturated heterocycles. The van der Waals surface area contributed by atoms with Crippen molar-refractivity contribution >= 4 is 11.4 Å². The largest absolute Gasteiger partial charge is 0.392 e. The molecule has 6 nitrogen and oxygen atoms in total. The van der Waals surface area contributed by atoms with Crippen LogP contribution in [0.15, 0.2) is 18.2 Å². The second kappa shape index (κ2) is 6.93. The summed E-state index contributed by atoms with van der Waals surface area (Å²) in [5, 5.41) is 26.0. The number of aliphatic hydroxyl groups excluding tert-OH is 1. The molecule has 0 aromatic heterocycles. The van der Waals surface area contributed by atoms with E-state index >= 15 is 0 Å². The lowest BCUT2D eigenvalue weighted by molar-refractivity contribution is -0.384. The van der Waals surface area contributed by atoms with Crippen LogP contribution in [0.25, 0.3) is 0 Å². The third-order valence-electron chi connectivity index (χ3n) is 2.41. The first-order valence-electron chi connectivity index (χ1n) is 5.88. The van der Waals surface area contributed by atoms with Crippen LogP contribution in [-0.4, -0.2) is 35.8 Å². The van der Waals surface area contributed by atoms with E-state index in [0.29, 0.717) is 25.3 Å². The van der Waals surface area contributed by atoms with E-state index in [1.54, 1.807) is 19.1 Å². The van der Waals surface area contributed by atoms with Gasteiger partial charge in [0.05, 0.1) is 11.0 Å². The van der Waals surface area contributed by atoms with E-state index in [0.717, 1.165) is 5.56 Å². The number of nitro benzene ring substituents is 1. The van der Waals surface area contributed by atoms with E-state index in [4.69, 9.17) is 5.11 Å². The Bertz CT molecular complexity index is 408. The first-order valence-corrected chi connectivity index (χ1v) is 5.88. The average Bonchev–Trinajstić information content (AvgIpc) is 2.29. The molecule has 0 aliphatic heterocycles. The fourth-order valence-electron chi connectivity index (χ4n) is 1.54. The van der Waals surface area contributed by atoms with Gasteiger partial charge in [-0.05, 0) is 25.5 Å². The molecule has 0 saturated carbocycles. The number of benzene rings is 1. The van der Waals surface area contributed by atoms with Crippen molar-refractivity contribution in [3.05, 3.63) is 33.9 Å². The highest BCUT2D eigenvalue weighted by molar-refractivity contribution is 5.62. The standard InChI is InChI=1S/C12H19N3O3/c1-9-3-4-11(12(7-9)15(17)18)14-6-5-13-8-10(2)16/h3-4,7,10,13-14,16H,5-6,8H2,1-2H3. The molecular weight excluding hydrogens is 234 g/mol. The van der Waals surface area contributed by atoms with Crippen molar-refractivity contribution in [1.82, 2.24) is 5.32 Å². The molecule has 18 heavy (non-hydrogen) atoms. The smallest absolute Gasteiger partial charge is 0.292 e.